The van der Waals surface area contributed by atoms with Gasteiger partial charge in [-0.25, -0.2) is 4.79 Å². The zero-order chi connectivity index (χ0) is 17.0. The Morgan fingerprint density at radius 3 is 2.48 bits per heavy atom. The number of piperazine rings is 1. The first-order chi connectivity index (χ1) is 10.8. The third kappa shape index (κ3) is 4.46. The first-order valence-corrected chi connectivity index (χ1v) is 8.00. The highest BCUT2D eigenvalue weighted by molar-refractivity contribution is 5.68. The molecule has 1 aromatic carbocycles. The summed E-state index contributed by atoms with van der Waals surface area (Å²) < 4.78 is 5.46. The van der Waals surface area contributed by atoms with Crippen LogP contribution in [0.15, 0.2) is 30.3 Å². The van der Waals surface area contributed by atoms with Crippen LogP contribution in [0, 0.1) is 11.3 Å². The Morgan fingerprint density at radius 1 is 1.30 bits per heavy atom. The molecule has 5 heteroatoms. The zero-order valence-corrected chi connectivity index (χ0v) is 14.3. The van der Waals surface area contributed by atoms with E-state index in [-0.39, 0.29) is 18.2 Å². The highest BCUT2D eigenvalue weighted by atomic mass is 16.6. The second-order valence-corrected chi connectivity index (χ2v) is 6.96. The Morgan fingerprint density at radius 2 is 1.96 bits per heavy atom. The normalized spacial score (nSPS) is 20.7. The van der Waals surface area contributed by atoms with Crippen molar-refractivity contribution in [2.75, 3.05) is 19.6 Å². The van der Waals surface area contributed by atoms with Gasteiger partial charge in [0.1, 0.15) is 11.6 Å². The van der Waals surface area contributed by atoms with E-state index < -0.39 is 5.60 Å². The molecule has 1 fully saturated rings. The third-order valence-electron chi connectivity index (χ3n) is 3.89. The summed E-state index contributed by atoms with van der Waals surface area (Å²) in [6, 6.07) is 11.9. The Balaban J connectivity index is 2.03. The molecule has 0 aliphatic carbocycles. The Labute approximate surface area is 138 Å². The maximum absolute atomic E-state index is 12.3. The van der Waals surface area contributed by atoms with Gasteiger partial charge in [0, 0.05) is 25.7 Å². The number of ether oxygens (including phenoxy) is 1. The molecular weight excluding hydrogens is 290 g/mol. The molecule has 1 heterocycles. The number of benzene rings is 1. The standard InChI is InChI=1S/C18H25N3O2/c1-14-13-20(16(12-19)15-8-6-5-7-9-15)10-11-21(14)17(22)23-18(2,3)4/h5-9,14,16H,10-11,13H2,1-4H3. The van der Waals surface area contributed by atoms with Gasteiger partial charge in [-0.2, -0.15) is 5.26 Å². The summed E-state index contributed by atoms with van der Waals surface area (Å²) in [5, 5.41) is 9.55. The summed E-state index contributed by atoms with van der Waals surface area (Å²) in [4.78, 5) is 16.1. The quantitative estimate of drug-likeness (QED) is 0.841. The van der Waals surface area contributed by atoms with Gasteiger partial charge >= 0.3 is 6.09 Å². The van der Waals surface area contributed by atoms with Gasteiger partial charge < -0.3 is 9.64 Å². The van der Waals surface area contributed by atoms with Crippen molar-refractivity contribution >= 4 is 6.09 Å². The number of hydrogen-bond acceptors (Lipinski definition) is 4. The molecule has 0 aromatic heterocycles. The molecule has 1 amide bonds. The summed E-state index contributed by atoms with van der Waals surface area (Å²) in [6.07, 6.45) is -0.280. The van der Waals surface area contributed by atoms with Crippen molar-refractivity contribution in [1.29, 1.82) is 5.26 Å². The molecule has 0 N–H and O–H groups in total. The molecule has 2 rings (SSSR count). The maximum atomic E-state index is 12.3. The van der Waals surface area contributed by atoms with E-state index >= 15 is 0 Å². The largest absolute Gasteiger partial charge is 0.444 e. The topological polar surface area (TPSA) is 56.6 Å². The molecule has 0 radical (unpaired) electrons. The van der Waals surface area contributed by atoms with Gasteiger partial charge in [-0.15, -0.1) is 0 Å². The molecule has 23 heavy (non-hydrogen) atoms. The van der Waals surface area contributed by atoms with Gasteiger partial charge in [0.2, 0.25) is 0 Å². The fraction of sp³-hybridized carbons (Fsp3) is 0.556. The lowest BCUT2D eigenvalue weighted by Crippen LogP contribution is -2.55. The van der Waals surface area contributed by atoms with E-state index in [1.807, 2.05) is 58.0 Å². The Kier molecular flexibility index (Phi) is 5.27. The number of carbonyl (C=O) groups excluding carboxylic acids is 1. The van der Waals surface area contributed by atoms with E-state index in [4.69, 9.17) is 4.74 Å². The molecule has 2 unspecified atom stereocenters. The number of amides is 1. The van der Waals surface area contributed by atoms with Crippen LogP contribution in [0.4, 0.5) is 4.79 Å². The molecule has 0 spiro atoms. The van der Waals surface area contributed by atoms with Crippen molar-refractivity contribution in [1.82, 2.24) is 9.80 Å². The van der Waals surface area contributed by atoms with Crippen molar-refractivity contribution in [2.45, 2.75) is 45.4 Å². The van der Waals surface area contributed by atoms with Gasteiger partial charge in [0.05, 0.1) is 6.07 Å². The SMILES string of the molecule is CC1CN(C(C#N)c2ccccc2)CCN1C(=O)OC(C)(C)C. The van der Waals surface area contributed by atoms with E-state index in [0.29, 0.717) is 19.6 Å². The van der Waals surface area contributed by atoms with Gasteiger partial charge in [-0.3, -0.25) is 4.90 Å². The van der Waals surface area contributed by atoms with E-state index in [0.717, 1.165) is 5.56 Å². The highest BCUT2D eigenvalue weighted by Crippen LogP contribution is 2.24. The summed E-state index contributed by atoms with van der Waals surface area (Å²) >= 11 is 0. The number of rotatable bonds is 2. The Hall–Kier alpha value is -2.06. The molecule has 1 aliphatic rings. The molecule has 0 bridgehead atoms. The van der Waals surface area contributed by atoms with Crippen LogP contribution in [0.3, 0.4) is 0 Å². The van der Waals surface area contributed by atoms with E-state index in [9.17, 15) is 10.1 Å². The van der Waals surface area contributed by atoms with E-state index in [2.05, 4.69) is 11.0 Å². The van der Waals surface area contributed by atoms with Gasteiger partial charge in [0.25, 0.3) is 0 Å². The minimum absolute atomic E-state index is 0.0122. The first kappa shape index (κ1) is 17.3. The third-order valence-corrected chi connectivity index (χ3v) is 3.89. The monoisotopic (exact) mass is 315 g/mol. The smallest absolute Gasteiger partial charge is 0.410 e. The second kappa shape index (κ2) is 7.01. The second-order valence-electron chi connectivity index (χ2n) is 6.96. The molecule has 1 aliphatic heterocycles. The summed E-state index contributed by atoms with van der Waals surface area (Å²) in [7, 11) is 0. The minimum Gasteiger partial charge on any atom is -0.444 e. The van der Waals surface area contributed by atoms with Crippen molar-refractivity contribution in [2.24, 2.45) is 0 Å². The van der Waals surface area contributed by atoms with Crippen molar-refractivity contribution < 1.29 is 9.53 Å². The fourth-order valence-electron chi connectivity index (χ4n) is 2.81. The fourth-order valence-corrected chi connectivity index (χ4v) is 2.81. The van der Waals surface area contributed by atoms with Crippen molar-refractivity contribution in [3.8, 4) is 6.07 Å². The van der Waals surface area contributed by atoms with Gasteiger partial charge in [-0.1, -0.05) is 30.3 Å². The average molecular weight is 315 g/mol. The minimum atomic E-state index is -0.493. The lowest BCUT2D eigenvalue weighted by Gasteiger charge is -2.41. The predicted octanol–water partition coefficient (Wildman–Crippen LogP) is 3.19. The van der Waals surface area contributed by atoms with Crippen LogP contribution in [-0.2, 0) is 4.74 Å². The molecule has 1 saturated heterocycles. The highest BCUT2D eigenvalue weighted by Gasteiger charge is 2.33. The van der Waals surface area contributed by atoms with Crippen LogP contribution >= 0.6 is 0 Å². The van der Waals surface area contributed by atoms with Crippen LogP contribution < -0.4 is 0 Å². The van der Waals surface area contributed by atoms with Crippen LogP contribution in [0.5, 0.6) is 0 Å². The van der Waals surface area contributed by atoms with E-state index in [1.54, 1.807) is 4.90 Å². The first-order valence-electron chi connectivity index (χ1n) is 8.00. The maximum Gasteiger partial charge on any atom is 0.410 e. The lowest BCUT2D eigenvalue weighted by molar-refractivity contribution is -0.00146. The number of nitriles is 1. The Bertz CT molecular complexity index is 574. The molecule has 1 aromatic rings. The predicted molar refractivity (Wildman–Crippen MR) is 88.8 cm³/mol. The average Bonchev–Trinajstić information content (AvgIpc) is 2.47. The van der Waals surface area contributed by atoms with Crippen LogP contribution in [0.2, 0.25) is 0 Å². The van der Waals surface area contributed by atoms with Crippen LogP contribution in [0.25, 0.3) is 0 Å². The van der Waals surface area contributed by atoms with Crippen LogP contribution in [-0.4, -0.2) is 47.2 Å². The van der Waals surface area contributed by atoms with Crippen LogP contribution in [0.1, 0.15) is 39.3 Å². The lowest BCUT2D eigenvalue weighted by atomic mass is 10.0. The van der Waals surface area contributed by atoms with E-state index in [1.165, 1.54) is 0 Å². The van der Waals surface area contributed by atoms with Gasteiger partial charge in [-0.05, 0) is 33.3 Å². The summed E-state index contributed by atoms with van der Waals surface area (Å²) in [6.45, 7) is 9.49. The number of carbonyl (C=O) groups is 1. The molecule has 124 valence electrons. The molecule has 0 saturated carbocycles. The number of nitrogens with zero attached hydrogens (tertiary/aromatic N) is 3. The van der Waals surface area contributed by atoms with Gasteiger partial charge in [0.15, 0.2) is 0 Å². The van der Waals surface area contributed by atoms with Crippen molar-refractivity contribution in [3.63, 3.8) is 0 Å². The zero-order valence-electron chi connectivity index (χ0n) is 14.3. The van der Waals surface area contributed by atoms with Crippen molar-refractivity contribution in [3.05, 3.63) is 35.9 Å². The molecule has 2 atom stereocenters. The number of hydrogen-bond donors (Lipinski definition) is 0. The molecular formula is C18H25N3O2. The summed E-state index contributed by atoms with van der Waals surface area (Å²) in [5.74, 6) is 0. The summed E-state index contributed by atoms with van der Waals surface area (Å²) in [5.41, 5.74) is 0.501. The molecule has 5 nitrogen and oxygen atoms in total.